The Labute approximate surface area is 86.8 Å². The number of rotatable bonds is 2. The molecule has 1 saturated carbocycles. The Bertz CT molecular complexity index is 310. The van der Waals surface area contributed by atoms with Crippen molar-refractivity contribution in [3.63, 3.8) is 0 Å². The predicted octanol–water partition coefficient (Wildman–Crippen LogP) is 1.39. The van der Waals surface area contributed by atoms with Crippen LogP contribution in [0.4, 0.5) is 0 Å². The van der Waals surface area contributed by atoms with Gasteiger partial charge in [0.05, 0.1) is 17.0 Å². The highest BCUT2D eigenvalue weighted by molar-refractivity contribution is 7.12. The first-order valence-corrected chi connectivity index (χ1v) is 5.68. The molecule has 0 spiro atoms. The predicted molar refractivity (Wildman–Crippen MR) is 55.4 cm³/mol. The van der Waals surface area contributed by atoms with Gasteiger partial charge in [-0.3, -0.25) is 4.79 Å². The highest BCUT2D eigenvalue weighted by Crippen LogP contribution is 2.19. The largest absolute Gasteiger partial charge is 0.391 e. The van der Waals surface area contributed by atoms with Crippen molar-refractivity contribution in [1.29, 1.82) is 0 Å². The summed E-state index contributed by atoms with van der Waals surface area (Å²) < 4.78 is 0. The Balaban J connectivity index is 1.95. The van der Waals surface area contributed by atoms with Crippen LogP contribution >= 0.6 is 11.3 Å². The number of aliphatic hydroxyl groups is 1. The van der Waals surface area contributed by atoms with Gasteiger partial charge in [-0.05, 0) is 30.7 Å². The van der Waals surface area contributed by atoms with Crippen LogP contribution in [0.3, 0.4) is 0 Å². The van der Waals surface area contributed by atoms with Gasteiger partial charge in [0.15, 0.2) is 0 Å². The van der Waals surface area contributed by atoms with Crippen LogP contribution in [0.15, 0.2) is 17.5 Å². The van der Waals surface area contributed by atoms with E-state index in [1.54, 1.807) is 6.07 Å². The first-order valence-electron chi connectivity index (χ1n) is 4.80. The van der Waals surface area contributed by atoms with Crippen LogP contribution in [0, 0.1) is 0 Å². The lowest BCUT2D eigenvalue weighted by atomic mass is 10.2. The third-order valence-electron chi connectivity index (χ3n) is 2.54. The summed E-state index contributed by atoms with van der Waals surface area (Å²) in [7, 11) is 0. The zero-order chi connectivity index (χ0) is 9.97. The fourth-order valence-electron chi connectivity index (χ4n) is 1.76. The lowest BCUT2D eigenvalue weighted by Crippen LogP contribution is -2.39. The number of thiophene rings is 1. The summed E-state index contributed by atoms with van der Waals surface area (Å²) in [4.78, 5) is 12.3. The van der Waals surface area contributed by atoms with Crippen LogP contribution in [0.25, 0.3) is 0 Å². The highest BCUT2D eigenvalue weighted by atomic mass is 32.1. The van der Waals surface area contributed by atoms with E-state index in [0.717, 1.165) is 19.3 Å². The van der Waals surface area contributed by atoms with Crippen LogP contribution in [0.2, 0.25) is 0 Å². The molecule has 2 unspecified atom stereocenters. The minimum atomic E-state index is -0.362. The summed E-state index contributed by atoms with van der Waals surface area (Å²) in [6.07, 6.45) is 2.32. The minimum Gasteiger partial charge on any atom is -0.391 e. The molecular weight excluding hydrogens is 198 g/mol. The maximum absolute atomic E-state index is 11.6. The van der Waals surface area contributed by atoms with Gasteiger partial charge in [-0.15, -0.1) is 11.3 Å². The zero-order valence-corrected chi connectivity index (χ0v) is 8.59. The molecule has 4 heteroatoms. The molecule has 2 N–H and O–H groups in total. The molecule has 0 radical (unpaired) electrons. The molecule has 0 saturated heterocycles. The number of nitrogens with one attached hydrogen (secondary N) is 1. The molecule has 1 aromatic heterocycles. The lowest BCUT2D eigenvalue weighted by molar-refractivity contribution is 0.0877. The van der Waals surface area contributed by atoms with Crippen molar-refractivity contribution in [1.82, 2.24) is 5.32 Å². The van der Waals surface area contributed by atoms with E-state index in [4.69, 9.17) is 0 Å². The smallest absolute Gasteiger partial charge is 0.261 e. The van der Waals surface area contributed by atoms with Gasteiger partial charge in [-0.2, -0.15) is 0 Å². The zero-order valence-electron chi connectivity index (χ0n) is 7.77. The van der Waals surface area contributed by atoms with Crippen molar-refractivity contribution >= 4 is 17.2 Å². The van der Waals surface area contributed by atoms with Crippen LogP contribution in [-0.4, -0.2) is 23.2 Å². The Morgan fingerprint density at radius 1 is 1.57 bits per heavy atom. The summed E-state index contributed by atoms with van der Waals surface area (Å²) >= 11 is 1.42. The Morgan fingerprint density at radius 3 is 3.00 bits per heavy atom. The van der Waals surface area contributed by atoms with Gasteiger partial charge in [0.1, 0.15) is 0 Å². The summed E-state index contributed by atoms with van der Waals surface area (Å²) in [5.41, 5.74) is 0. The monoisotopic (exact) mass is 211 g/mol. The Hall–Kier alpha value is -0.870. The molecule has 1 aliphatic carbocycles. The second-order valence-electron chi connectivity index (χ2n) is 3.56. The molecule has 0 bridgehead atoms. The maximum atomic E-state index is 11.6. The number of hydrogen-bond acceptors (Lipinski definition) is 3. The second kappa shape index (κ2) is 4.11. The number of hydrogen-bond donors (Lipinski definition) is 2. The fraction of sp³-hybridized carbons (Fsp3) is 0.500. The molecule has 1 heterocycles. The third-order valence-corrected chi connectivity index (χ3v) is 3.41. The van der Waals surface area contributed by atoms with E-state index in [9.17, 15) is 9.90 Å². The maximum Gasteiger partial charge on any atom is 0.261 e. The number of carbonyl (C=O) groups is 1. The molecule has 2 atom stereocenters. The molecule has 1 aromatic rings. The van der Waals surface area contributed by atoms with Crippen LogP contribution in [-0.2, 0) is 0 Å². The topological polar surface area (TPSA) is 49.3 Å². The van der Waals surface area contributed by atoms with E-state index in [2.05, 4.69) is 5.32 Å². The van der Waals surface area contributed by atoms with Crippen molar-refractivity contribution in [2.24, 2.45) is 0 Å². The molecule has 2 rings (SSSR count). The van der Waals surface area contributed by atoms with Gasteiger partial charge >= 0.3 is 0 Å². The summed E-state index contributed by atoms with van der Waals surface area (Å²) in [6, 6.07) is 3.59. The quantitative estimate of drug-likeness (QED) is 0.776. The Morgan fingerprint density at radius 2 is 2.43 bits per heavy atom. The summed E-state index contributed by atoms with van der Waals surface area (Å²) in [6.45, 7) is 0. The lowest BCUT2D eigenvalue weighted by Gasteiger charge is -2.15. The number of carbonyl (C=O) groups excluding carboxylic acids is 1. The van der Waals surface area contributed by atoms with E-state index in [1.807, 2.05) is 11.4 Å². The Kier molecular flexibility index (Phi) is 2.84. The van der Waals surface area contributed by atoms with Crippen molar-refractivity contribution in [2.45, 2.75) is 31.4 Å². The number of aliphatic hydroxyl groups excluding tert-OH is 1. The van der Waals surface area contributed by atoms with E-state index >= 15 is 0 Å². The molecule has 0 aromatic carbocycles. The van der Waals surface area contributed by atoms with Crippen LogP contribution < -0.4 is 5.32 Å². The first-order chi connectivity index (χ1) is 6.77. The molecule has 0 aliphatic heterocycles. The highest BCUT2D eigenvalue weighted by Gasteiger charge is 2.26. The molecule has 1 fully saturated rings. The van der Waals surface area contributed by atoms with E-state index in [1.165, 1.54) is 11.3 Å². The van der Waals surface area contributed by atoms with Gasteiger partial charge in [0, 0.05) is 0 Å². The van der Waals surface area contributed by atoms with Crippen molar-refractivity contribution in [2.75, 3.05) is 0 Å². The summed E-state index contributed by atoms with van der Waals surface area (Å²) in [5.74, 6) is -0.0639. The van der Waals surface area contributed by atoms with E-state index in [0.29, 0.717) is 4.88 Å². The molecule has 1 amide bonds. The normalized spacial score (nSPS) is 26.4. The molecular formula is C10H13NO2S. The third kappa shape index (κ3) is 1.96. The standard InChI is InChI=1S/C10H13NO2S/c12-8-4-1-3-7(8)11-10(13)9-5-2-6-14-9/h2,5-8,12H,1,3-4H2,(H,11,13). The average molecular weight is 211 g/mol. The summed E-state index contributed by atoms with van der Waals surface area (Å²) in [5, 5.41) is 14.3. The first kappa shape index (κ1) is 9.68. The van der Waals surface area contributed by atoms with Gasteiger partial charge in [-0.25, -0.2) is 0 Å². The van der Waals surface area contributed by atoms with Gasteiger partial charge in [-0.1, -0.05) is 6.07 Å². The van der Waals surface area contributed by atoms with Gasteiger partial charge in [0.25, 0.3) is 5.91 Å². The van der Waals surface area contributed by atoms with Gasteiger partial charge in [0.2, 0.25) is 0 Å². The van der Waals surface area contributed by atoms with E-state index < -0.39 is 0 Å². The molecule has 3 nitrogen and oxygen atoms in total. The minimum absolute atomic E-state index is 0.0513. The fourth-order valence-corrected chi connectivity index (χ4v) is 2.38. The van der Waals surface area contributed by atoms with Crippen LogP contribution in [0.1, 0.15) is 28.9 Å². The SMILES string of the molecule is O=C(NC1CCCC1O)c1cccs1. The van der Waals surface area contributed by atoms with Crippen molar-refractivity contribution in [3.8, 4) is 0 Å². The molecule has 1 aliphatic rings. The van der Waals surface area contributed by atoms with Crippen molar-refractivity contribution in [3.05, 3.63) is 22.4 Å². The average Bonchev–Trinajstić information content (AvgIpc) is 2.77. The van der Waals surface area contributed by atoms with E-state index in [-0.39, 0.29) is 18.1 Å². The van der Waals surface area contributed by atoms with Crippen molar-refractivity contribution < 1.29 is 9.90 Å². The van der Waals surface area contributed by atoms with Crippen LogP contribution in [0.5, 0.6) is 0 Å². The number of amides is 1. The van der Waals surface area contributed by atoms with Gasteiger partial charge < -0.3 is 10.4 Å². The molecule has 14 heavy (non-hydrogen) atoms. The second-order valence-corrected chi connectivity index (χ2v) is 4.50. The molecule has 76 valence electrons.